The second-order valence-corrected chi connectivity index (χ2v) is 13.2. The number of fused-ring (bicyclic) bond motifs is 2. The maximum atomic E-state index is 14.8. The first-order chi connectivity index (χ1) is 21.0. The topological polar surface area (TPSA) is 54.8 Å². The summed E-state index contributed by atoms with van der Waals surface area (Å²) in [5.41, 5.74) is 2.83. The molecule has 0 radical (unpaired) electrons. The lowest BCUT2D eigenvalue weighted by Crippen LogP contribution is -2.65. The summed E-state index contributed by atoms with van der Waals surface area (Å²) in [5.74, 6) is 0.842. The van der Waals surface area contributed by atoms with Gasteiger partial charge in [-0.25, -0.2) is 0 Å². The van der Waals surface area contributed by atoms with Crippen LogP contribution in [-0.2, 0) is 16.1 Å². The van der Waals surface area contributed by atoms with Crippen molar-refractivity contribution in [2.75, 3.05) is 26.7 Å². The molecule has 0 bridgehead atoms. The second-order valence-electron chi connectivity index (χ2n) is 12.7. The van der Waals surface area contributed by atoms with Crippen molar-refractivity contribution in [1.29, 1.82) is 0 Å². The first kappa shape index (κ1) is 28.4. The predicted octanol–water partition coefficient (Wildman–Crippen LogP) is 7.15. The number of hydrogen-bond acceptors (Lipinski definition) is 4. The number of hydrogen-bond donors (Lipinski definition) is 0. The number of piperidine rings is 3. The molecule has 4 heterocycles. The van der Waals surface area contributed by atoms with E-state index in [0.717, 1.165) is 42.3 Å². The summed E-state index contributed by atoms with van der Waals surface area (Å²) in [7, 11) is 1.45. The van der Waals surface area contributed by atoms with Crippen molar-refractivity contribution in [1.82, 2.24) is 14.4 Å². The quantitative estimate of drug-likeness (QED) is 0.212. The van der Waals surface area contributed by atoms with Crippen LogP contribution in [0.2, 0.25) is 5.02 Å². The van der Waals surface area contributed by atoms with Crippen molar-refractivity contribution in [3.63, 3.8) is 0 Å². The Morgan fingerprint density at radius 2 is 1.72 bits per heavy atom. The third-order valence-corrected chi connectivity index (χ3v) is 10.5. The molecule has 7 heteroatoms. The van der Waals surface area contributed by atoms with Gasteiger partial charge < -0.3 is 14.2 Å². The van der Waals surface area contributed by atoms with Crippen molar-refractivity contribution < 1.29 is 14.3 Å². The van der Waals surface area contributed by atoms with Crippen molar-refractivity contribution in [3.05, 3.63) is 83.0 Å². The normalized spacial score (nSPS) is 23.8. The molecule has 0 aliphatic carbocycles. The molecule has 0 unspecified atom stereocenters. The van der Waals surface area contributed by atoms with Gasteiger partial charge in [-0.1, -0.05) is 54.1 Å². The van der Waals surface area contributed by atoms with Crippen LogP contribution in [0.25, 0.3) is 21.7 Å². The lowest BCUT2D eigenvalue weighted by molar-refractivity contribution is -0.140. The van der Waals surface area contributed by atoms with E-state index in [1.165, 1.54) is 50.2 Å². The number of aromatic nitrogens is 1. The van der Waals surface area contributed by atoms with Gasteiger partial charge in [0.05, 0.1) is 12.6 Å². The summed E-state index contributed by atoms with van der Waals surface area (Å²) in [6.07, 6.45) is 6.62. The first-order valence-electron chi connectivity index (χ1n) is 15.9. The Morgan fingerprint density at radius 3 is 2.56 bits per heavy atom. The summed E-state index contributed by atoms with van der Waals surface area (Å²) in [5, 5.41) is 4.08. The predicted molar refractivity (Wildman–Crippen MR) is 171 cm³/mol. The number of halogens is 1. The van der Waals surface area contributed by atoms with Crippen molar-refractivity contribution >= 4 is 45.2 Å². The maximum Gasteiger partial charge on any atom is 0.305 e. The summed E-state index contributed by atoms with van der Waals surface area (Å²) >= 11 is 6.51. The Kier molecular flexibility index (Phi) is 7.91. The molecule has 1 amide bonds. The SMILES string of the molecule is COC(=O)CCC[C@@H]1[C@H]2CCCN3CCC[C@@H](CN1C(=O)c1cc4ccc(Cl)cc4n1Cc1ccc4ccccc4c1)[C@@H]23. The lowest BCUT2D eigenvalue weighted by Gasteiger charge is -2.57. The monoisotopic (exact) mass is 597 g/mol. The number of ether oxygens (including phenoxy) is 1. The average Bonchev–Trinajstić information content (AvgIpc) is 3.38. The second kappa shape index (κ2) is 12.0. The number of carbonyl (C=O) groups is 2. The van der Waals surface area contributed by atoms with Gasteiger partial charge in [-0.15, -0.1) is 0 Å². The van der Waals surface area contributed by atoms with Crippen LogP contribution in [0.15, 0.2) is 66.7 Å². The minimum absolute atomic E-state index is 0.0947. The molecule has 3 fully saturated rings. The molecule has 0 spiro atoms. The van der Waals surface area contributed by atoms with Crippen LogP contribution in [0.5, 0.6) is 0 Å². The van der Waals surface area contributed by atoms with Gasteiger partial charge in [-0.2, -0.15) is 0 Å². The summed E-state index contributed by atoms with van der Waals surface area (Å²) in [4.78, 5) is 31.8. The molecule has 4 aromatic rings. The van der Waals surface area contributed by atoms with Crippen LogP contribution in [0, 0.1) is 11.8 Å². The van der Waals surface area contributed by atoms with E-state index in [2.05, 4.69) is 62.9 Å². The van der Waals surface area contributed by atoms with Crippen LogP contribution < -0.4 is 0 Å². The Hall–Kier alpha value is -3.35. The molecule has 43 heavy (non-hydrogen) atoms. The molecule has 3 aromatic carbocycles. The van der Waals surface area contributed by atoms with E-state index in [-0.39, 0.29) is 17.9 Å². The van der Waals surface area contributed by atoms with Gasteiger partial charge >= 0.3 is 5.97 Å². The van der Waals surface area contributed by atoms with Gasteiger partial charge in [0.2, 0.25) is 0 Å². The fourth-order valence-electron chi connectivity index (χ4n) is 8.40. The summed E-state index contributed by atoms with van der Waals surface area (Å²) in [6, 6.07) is 23.5. The molecule has 224 valence electrons. The van der Waals surface area contributed by atoms with Gasteiger partial charge in [0.15, 0.2) is 0 Å². The van der Waals surface area contributed by atoms with Gasteiger partial charge in [-0.3, -0.25) is 14.5 Å². The zero-order valence-corrected chi connectivity index (χ0v) is 25.6. The minimum Gasteiger partial charge on any atom is -0.469 e. The van der Waals surface area contributed by atoms with Crippen LogP contribution in [0.1, 0.15) is 61.0 Å². The molecule has 3 saturated heterocycles. The Labute approximate surface area is 258 Å². The van der Waals surface area contributed by atoms with E-state index in [1.807, 2.05) is 18.2 Å². The molecule has 0 N–H and O–H groups in total. The van der Waals surface area contributed by atoms with E-state index in [4.69, 9.17) is 16.3 Å². The van der Waals surface area contributed by atoms with E-state index >= 15 is 0 Å². The summed E-state index contributed by atoms with van der Waals surface area (Å²) < 4.78 is 7.12. The number of amides is 1. The molecule has 4 atom stereocenters. The molecular weight excluding hydrogens is 558 g/mol. The van der Waals surface area contributed by atoms with E-state index in [1.54, 1.807) is 0 Å². The Morgan fingerprint density at radius 1 is 0.930 bits per heavy atom. The average molecular weight is 598 g/mol. The Bertz CT molecular complexity index is 1660. The van der Waals surface area contributed by atoms with Crippen molar-refractivity contribution in [2.45, 2.75) is 63.6 Å². The molecule has 7 rings (SSSR count). The highest BCUT2D eigenvalue weighted by Crippen LogP contribution is 2.44. The number of benzene rings is 3. The first-order valence-corrected chi connectivity index (χ1v) is 16.3. The minimum atomic E-state index is -0.179. The largest absolute Gasteiger partial charge is 0.469 e. The van der Waals surface area contributed by atoms with E-state index in [0.29, 0.717) is 41.6 Å². The van der Waals surface area contributed by atoms with Crippen molar-refractivity contribution in [2.24, 2.45) is 11.8 Å². The molecule has 3 aliphatic rings. The van der Waals surface area contributed by atoms with Gasteiger partial charge in [0, 0.05) is 42.0 Å². The molecule has 0 saturated carbocycles. The highest BCUT2D eigenvalue weighted by molar-refractivity contribution is 6.31. The van der Waals surface area contributed by atoms with Gasteiger partial charge in [0.1, 0.15) is 5.69 Å². The van der Waals surface area contributed by atoms with Crippen LogP contribution in [-0.4, -0.2) is 65.1 Å². The number of likely N-dealkylation sites (tertiary alicyclic amines) is 1. The molecule has 1 aromatic heterocycles. The fraction of sp³-hybridized carbons (Fsp3) is 0.444. The number of esters is 1. The summed E-state index contributed by atoms with van der Waals surface area (Å²) in [6.45, 7) is 3.69. The fourth-order valence-corrected chi connectivity index (χ4v) is 8.56. The van der Waals surface area contributed by atoms with Crippen LogP contribution >= 0.6 is 11.6 Å². The third kappa shape index (κ3) is 5.44. The zero-order chi connectivity index (χ0) is 29.5. The lowest BCUT2D eigenvalue weighted by atomic mass is 9.69. The van der Waals surface area contributed by atoms with Gasteiger partial charge in [0.25, 0.3) is 5.91 Å². The number of carbonyl (C=O) groups excluding carboxylic acids is 2. The van der Waals surface area contributed by atoms with E-state index < -0.39 is 0 Å². The molecular formula is C36H40ClN3O3. The van der Waals surface area contributed by atoms with E-state index in [9.17, 15) is 9.59 Å². The molecule has 6 nitrogen and oxygen atoms in total. The zero-order valence-electron chi connectivity index (χ0n) is 24.9. The highest BCUT2D eigenvalue weighted by Gasteiger charge is 2.49. The maximum absolute atomic E-state index is 14.8. The standard InChI is InChI=1S/C36H40ClN3O3/c1-43-34(41)12-4-11-31-30-10-6-18-38-17-5-9-28(35(30)38)23-40(31)36(42)33-20-27-15-16-29(37)21-32(27)39(33)22-24-13-14-25-7-2-3-8-26(25)19-24/h2-3,7-8,13-16,19-21,28,30-31,35H,4-6,9-12,17-18,22-23H2,1H3/t28-,30+,31+,35-/m0/s1. The van der Waals surface area contributed by atoms with Gasteiger partial charge in [-0.05, 0) is 104 Å². The van der Waals surface area contributed by atoms with Crippen LogP contribution in [0.4, 0.5) is 0 Å². The number of methoxy groups -OCH3 is 1. The highest BCUT2D eigenvalue weighted by atomic mass is 35.5. The number of nitrogens with zero attached hydrogens (tertiary/aromatic N) is 3. The number of rotatable bonds is 7. The van der Waals surface area contributed by atoms with Crippen LogP contribution in [0.3, 0.4) is 0 Å². The third-order valence-electron chi connectivity index (χ3n) is 10.3. The van der Waals surface area contributed by atoms with Crippen molar-refractivity contribution in [3.8, 4) is 0 Å². The smallest absolute Gasteiger partial charge is 0.305 e. The Balaban J connectivity index is 1.27. The molecule has 3 aliphatic heterocycles.